The van der Waals surface area contributed by atoms with E-state index in [-0.39, 0.29) is 18.8 Å². The lowest BCUT2D eigenvalue weighted by Gasteiger charge is -2.26. The number of esters is 1. The lowest BCUT2D eigenvalue weighted by Crippen LogP contribution is -2.33. The highest BCUT2D eigenvalue weighted by Crippen LogP contribution is 2.19. The van der Waals surface area contributed by atoms with Gasteiger partial charge >= 0.3 is 5.97 Å². The van der Waals surface area contributed by atoms with Gasteiger partial charge in [0.25, 0.3) is 0 Å². The maximum atomic E-state index is 11.3. The van der Waals surface area contributed by atoms with Gasteiger partial charge in [-0.05, 0) is 34.1 Å². The van der Waals surface area contributed by atoms with Crippen LogP contribution >= 0.6 is 0 Å². The molecular formula is C13H26O5. The van der Waals surface area contributed by atoms with E-state index >= 15 is 0 Å². The molecule has 0 aliphatic heterocycles. The van der Waals surface area contributed by atoms with Gasteiger partial charge in [-0.3, -0.25) is 4.79 Å². The number of hydrogen-bond acceptors (Lipinski definition) is 5. The molecule has 0 bridgehead atoms. The second kappa shape index (κ2) is 7.71. The van der Waals surface area contributed by atoms with Crippen LogP contribution in [0.5, 0.6) is 0 Å². The Balaban J connectivity index is 3.84. The van der Waals surface area contributed by atoms with E-state index in [0.29, 0.717) is 6.61 Å². The van der Waals surface area contributed by atoms with Gasteiger partial charge in [0.2, 0.25) is 0 Å². The van der Waals surface area contributed by atoms with Crippen LogP contribution in [-0.4, -0.2) is 29.1 Å². The number of hydrogen-bond donors (Lipinski definition) is 1. The maximum Gasteiger partial charge on any atom is 0.305 e. The Bertz CT molecular complexity index is 242. The van der Waals surface area contributed by atoms with Gasteiger partial charge in [-0.1, -0.05) is 13.3 Å². The Kier molecular flexibility index (Phi) is 7.43. The van der Waals surface area contributed by atoms with E-state index in [9.17, 15) is 9.90 Å². The molecule has 0 rings (SSSR count). The summed E-state index contributed by atoms with van der Waals surface area (Å²) in [7, 11) is 0. The van der Waals surface area contributed by atoms with Crippen LogP contribution in [0.25, 0.3) is 0 Å². The normalized spacial score (nSPS) is 15.2. The fraction of sp³-hybridized carbons (Fsp3) is 0.923. The van der Waals surface area contributed by atoms with Crippen LogP contribution in [0.4, 0.5) is 0 Å². The summed E-state index contributed by atoms with van der Waals surface area (Å²) >= 11 is 0. The minimum atomic E-state index is -1.49. The zero-order chi connectivity index (χ0) is 14.2. The van der Waals surface area contributed by atoms with Crippen LogP contribution in [0.1, 0.15) is 60.3 Å². The van der Waals surface area contributed by atoms with Gasteiger partial charge in [0.1, 0.15) is 0 Å². The quantitative estimate of drug-likeness (QED) is 0.239. The molecule has 0 saturated carbocycles. The van der Waals surface area contributed by atoms with Gasteiger partial charge in [-0.2, -0.15) is 0 Å². The number of carbonyl (C=O) groups excluding carboxylic acids is 1. The zero-order valence-corrected chi connectivity index (χ0v) is 12.1. The van der Waals surface area contributed by atoms with Gasteiger partial charge in [0.15, 0.2) is 5.79 Å². The summed E-state index contributed by atoms with van der Waals surface area (Å²) in [5, 5.41) is 9.84. The molecule has 0 saturated heterocycles. The Labute approximate surface area is 109 Å². The Morgan fingerprint density at radius 3 is 2.28 bits per heavy atom. The van der Waals surface area contributed by atoms with Crippen LogP contribution in [0.3, 0.4) is 0 Å². The summed E-state index contributed by atoms with van der Waals surface area (Å²) < 4.78 is 4.98. The Morgan fingerprint density at radius 2 is 1.78 bits per heavy atom. The summed E-state index contributed by atoms with van der Waals surface area (Å²) in [5.41, 5.74) is -0.508. The predicted molar refractivity (Wildman–Crippen MR) is 67.6 cm³/mol. The molecule has 5 heteroatoms. The summed E-state index contributed by atoms with van der Waals surface area (Å²) in [6, 6.07) is 0. The van der Waals surface area contributed by atoms with Crippen molar-refractivity contribution < 1.29 is 24.4 Å². The second-order valence-electron chi connectivity index (χ2n) is 5.53. The molecule has 1 atom stereocenters. The average molecular weight is 262 g/mol. The predicted octanol–water partition coefficient (Wildman–Crippen LogP) is 2.57. The lowest BCUT2D eigenvalue weighted by molar-refractivity contribution is -0.448. The largest absolute Gasteiger partial charge is 0.466 e. The molecule has 108 valence electrons. The fourth-order valence-corrected chi connectivity index (χ4v) is 0.993. The molecule has 1 N–H and O–H groups in total. The maximum absolute atomic E-state index is 11.3. The van der Waals surface area contributed by atoms with Gasteiger partial charge < -0.3 is 9.84 Å². The number of carbonyl (C=O) groups is 1. The molecule has 0 aromatic heterocycles. The minimum absolute atomic E-state index is 0.101. The fourth-order valence-electron chi connectivity index (χ4n) is 0.993. The first-order valence-corrected chi connectivity index (χ1v) is 6.41. The number of unbranched alkanes of at least 4 members (excludes halogenated alkanes) is 1. The van der Waals surface area contributed by atoms with E-state index < -0.39 is 11.4 Å². The third-order valence-electron chi connectivity index (χ3n) is 2.03. The molecule has 0 aromatic carbocycles. The highest BCUT2D eigenvalue weighted by atomic mass is 17.2. The monoisotopic (exact) mass is 262 g/mol. The van der Waals surface area contributed by atoms with Crippen molar-refractivity contribution in [3.8, 4) is 0 Å². The number of ether oxygens (including phenoxy) is 1. The van der Waals surface area contributed by atoms with Crippen molar-refractivity contribution in [1.29, 1.82) is 0 Å². The Morgan fingerprint density at radius 1 is 1.17 bits per heavy atom. The van der Waals surface area contributed by atoms with Gasteiger partial charge in [-0.15, -0.1) is 0 Å². The molecule has 0 heterocycles. The molecule has 1 unspecified atom stereocenters. The van der Waals surface area contributed by atoms with Crippen molar-refractivity contribution >= 4 is 5.97 Å². The van der Waals surface area contributed by atoms with E-state index in [1.807, 2.05) is 27.7 Å². The minimum Gasteiger partial charge on any atom is -0.466 e. The van der Waals surface area contributed by atoms with Gasteiger partial charge in [0.05, 0.1) is 18.6 Å². The zero-order valence-electron chi connectivity index (χ0n) is 12.1. The van der Waals surface area contributed by atoms with Crippen LogP contribution in [0.2, 0.25) is 0 Å². The average Bonchev–Trinajstić information content (AvgIpc) is 2.24. The number of rotatable bonds is 8. The summed E-state index contributed by atoms with van der Waals surface area (Å²) in [5.74, 6) is -1.82. The first-order valence-electron chi connectivity index (χ1n) is 6.41. The van der Waals surface area contributed by atoms with Crippen molar-refractivity contribution in [1.82, 2.24) is 0 Å². The van der Waals surface area contributed by atoms with Crippen LogP contribution in [0.15, 0.2) is 0 Å². The van der Waals surface area contributed by atoms with E-state index in [1.165, 1.54) is 6.92 Å². The molecule has 0 radical (unpaired) electrons. The molecule has 0 fully saturated rings. The molecule has 0 aromatic rings. The first kappa shape index (κ1) is 17.4. The molecule has 0 amide bonds. The highest BCUT2D eigenvalue weighted by Gasteiger charge is 2.27. The van der Waals surface area contributed by atoms with Gasteiger partial charge in [-0.25, -0.2) is 9.78 Å². The first-order chi connectivity index (χ1) is 8.16. The molecule has 5 nitrogen and oxygen atoms in total. The topological polar surface area (TPSA) is 65.0 Å². The summed E-state index contributed by atoms with van der Waals surface area (Å²) in [6.07, 6.45) is 2.07. The van der Waals surface area contributed by atoms with E-state index in [0.717, 1.165) is 12.8 Å². The molecule has 18 heavy (non-hydrogen) atoms. The van der Waals surface area contributed by atoms with Crippen molar-refractivity contribution in [2.24, 2.45) is 0 Å². The van der Waals surface area contributed by atoms with Crippen LogP contribution < -0.4 is 0 Å². The lowest BCUT2D eigenvalue weighted by atomic mass is 10.2. The van der Waals surface area contributed by atoms with E-state index in [1.54, 1.807) is 0 Å². The third-order valence-corrected chi connectivity index (χ3v) is 2.03. The molecule has 0 aliphatic rings. The highest BCUT2D eigenvalue weighted by molar-refractivity contribution is 5.69. The number of aliphatic hydroxyl groups is 1. The van der Waals surface area contributed by atoms with Crippen molar-refractivity contribution in [3.63, 3.8) is 0 Å². The molecule has 0 aliphatic carbocycles. The van der Waals surface area contributed by atoms with Crippen molar-refractivity contribution in [2.45, 2.75) is 71.7 Å². The molecular weight excluding hydrogens is 236 g/mol. The SMILES string of the molecule is CCCCOC(=O)CCC(C)(O)OOC(C)(C)C. The third kappa shape index (κ3) is 10.5. The summed E-state index contributed by atoms with van der Waals surface area (Å²) in [6.45, 7) is 9.33. The van der Waals surface area contributed by atoms with Crippen LogP contribution in [-0.2, 0) is 19.3 Å². The van der Waals surface area contributed by atoms with Crippen molar-refractivity contribution in [2.75, 3.05) is 6.61 Å². The van der Waals surface area contributed by atoms with E-state index in [4.69, 9.17) is 14.5 Å². The summed E-state index contributed by atoms with van der Waals surface area (Å²) in [4.78, 5) is 21.3. The second-order valence-corrected chi connectivity index (χ2v) is 5.53. The molecule has 0 spiro atoms. The standard InChI is InChI=1S/C13H26O5/c1-6-7-10-16-11(14)8-9-13(5,15)18-17-12(2,3)4/h15H,6-10H2,1-5H3. The van der Waals surface area contributed by atoms with Crippen molar-refractivity contribution in [3.05, 3.63) is 0 Å². The van der Waals surface area contributed by atoms with Crippen LogP contribution in [0, 0.1) is 0 Å². The Hall–Kier alpha value is -0.650. The smallest absolute Gasteiger partial charge is 0.305 e. The van der Waals surface area contributed by atoms with Gasteiger partial charge in [0, 0.05) is 6.42 Å². The van der Waals surface area contributed by atoms with E-state index in [2.05, 4.69) is 0 Å².